The molecule has 0 fully saturated rings. The summed E-state index contributed by atoms with van der Waals surface area (Å²) in [6.45, 7) is 4.27. The van der Waals surface area contributed by atoms with E-state index < -0.39 is 4.92 Å². The summed E-state index contributed by atoms with van der Waals surface area (Å²) in [5.41, 5.74) is 5.92. The third-order valence-electron chi connectivity index (χ3n) is 2.83. The molecule has 0 aliphatic rings. The number of anilines is 1. The Hall–Kier alpha value is -1.47. The van der Waals surface area contributed by atoms with Crippen LogP contribution in [-0.2, 0) is 4.79 Å². The second-order valence-electron chi connectivity index (χ2n) is 4.97. The lowest BCUT2D eigenvalue weighted by Gasteiger charge is -2.17. The maximum absolute atomic E-state index is 12.1. The lowest BCUT2D eigenvalue weighted by molar-refractivity contribution is -0.384. The Bertz CT molecular complexity index is 506. The third-order valence-corrected chi connectivity index (χ3v) is 3.52. The number of nitrogens with zero attached hydrogens (tertiary/aromatic N) is 1. The Morgan fingerprint density at radius 3 is 2.65 bits per heavy atom. The molecule has 0 radical (unpaired) electrons. The van der Waals surface area contributed by atoms with Gasteiger partial charge in [-0.2, -0.15) is 0 Å². The van der Waals surface area contributed by atoms with Crippen molar-refractivity contribution < 1.29 is 9.72 Å². The molecule has 0 heterocycles. The summed E-state index contributed by atoms with van der Waals surface area (Å²) in [5, 5.41) is 13.4. The van der Waals surface area contributed by atoms with E-state index in [4.69, 9.17) is 5.73 Å². The molecule has 0 saturated carbocycles. The first-order chi connectivity index (χ1) is 9.35. The predicted molar refractivity (Wildman–Crippen MR) is 81.4 cm³/mol. The van der Waals surface area contributed by atoms with Crippen LogP contribution >= 0.6 is 15.9 Å². The lowest BCUT2D eigenvalue weighted by atomic mass is 9.96. The van der Waals surface area contributed by atoms with Gasteiger partial charge in [0.1, 0.15) is 0 Å². The number of hydrogen-bond acceptors (Lipinski definition) is 4. The Kier molecular flexibility index (Phi) is 6.09. The largest absolute Gasteiger partial charge is 0.330 e. The molecule has 1 rings (SSSR count). The molecular formula is C13H18BrN3O3. The van der Waals surface area contributed by atoms with Crippen molar-refractivity contribution in [2.45, 2.75) is 20.3 Å². The number of nitro benzene ring substituents is 1. The van der Waals surface area contributed by atoms with Crippen molar-refractivity contribution in [1.29, 1.82) is 0 Å². The molecule has 1 aromatic rings. The van der Waals surface area contributed by atoms with Crippen molar-refractivity contribution in [2.75, 3.05) is 11.9 Å². The molecule has 1 amide bonds. The van der Waals surface area contributed by atoms with E-state index in [1.54, 1.807) is 0 Å². The second-order valence-corrected chi connectivity index (χ2v) is 5.83. The Labute approximate surface area is 126 Å². The van der Waals surface area contributed by atoms with E-state index in [2.05, 4.69) is 21.2 Å². The summed E-state index contributed by atoms with van der Waals surface area (Å²) in [7, 11) is 0. The molecule has 0 aliphatic carbocycles. The van der Waals surface area contributed by atoms with Gasteiger partial charge in [0.05, 0.1) is 16.5 Å². The first-order valence-corrected chi connectivity index (χ1v) is 7.09. The molecular weight excluding hydrogens is 326 g/mol. The van der Waals surface area contributed by atoms with Crippen LogP contribution in [0.25, 0.3) is 0 Å². The SMILES string of the molecule is CC(C)CC(CN)C(=O)Nc1cc([N+](=O)[O-])ccc1Br. The monoisotopic (exact) mass is 343 g/mol. The summed E-state index contributed by atoms with van der Waals surface area (Å²) in [4.78, 5) is 22.4. The van der Waals surface area contributed by atoms with Crippen LogP contribution in [0.5, 0.6) is 0 Å². The first-order valence-electron chi connectivity index (χ1n) is 6.30. The van der Waals surface area contributed by atoms with Gasteiger partial charge < -0.3 is 11.1 Å². The first kappa shape index (κ1) is 16.6. The third kappa shape index (κ3) is 4.57. The van der Waals surface area contributed by atoms with Gasteiger partial charge in [-0.3, -0.25) is 14.9 Å². The van der Waals surface area contributed by atoms with E-state index in [1.807, 2.05) is 13.8 Å². The van der Waals surface area contributed by atoms with Crippen LogP contribution in [-0.4, -0.2) is 17.4 Å². The standard InChI is InChI=1S/C13H18BrN3O3/c1-8(2)5-9(7-15)13(18)16-12-6-10(17(19)20)3-4-11(12)14/h3-4,6,8-9H,5,7,15H2,1-2H3,(H,16,18). The van der Waals surface area contributed by atoms with Crippen LogP contribution < -0.4 is 11.1 Å². The number of benzene rings is 1. The molecule has 110 valence electrons. The van der Waals surface area contributed by atoms with Gasteiger partial charge >= 0.3 is 0 Å². The smallest absolute Gasteiger partial charge is 0.271 e. The summed E-state index contributed by atoms with van der Waals surface area (Å²) in [5.74, 6) is -0.175. The Balaban J connectivity index is 2.88. The number of nitrogens with two attached hydrogens (primary N) is 1. The van der Waals surface area contributed by atoms with Crippen molar-refractivity contribution in [2.24, 2.45) is 17.6 Å². The second kappa shape index (κ2) is 7.35. The average Bonchev–Trinajstić information content (AvgIpc) is 2.37. The highest BCUT2D eigenvalue weighted by Gasteiger charge is 2.20. The predicted octanol–water partition coefficient (Wildman–Crippen LogP) is 2.92. The van der Waals surface area contributed by atoms with E-state index in [0.717, 1.165) is 0 Å². The fraction of sp³-hybridized carbons (Fsp3) is 0.462. The van der Waals surface area contributed by atoms with Gasteiger partial charge in [0.15, 0.2) is 0 Å². The normalized spacial score (nSPS) is 12.2. The number of halogens is 1. The number of non-ortho nitro benzene ring substituents is 1. The Morgan fingerprint density at radius 2 is 2.15 bits per heavy atom. The highest BCUT2D eigenvalue weighted by Crippen LogP contribution is 2.27. The van der Waals surface area contributed by atoms with Crippen LogP contribution in [0.1, 0.15) is 20.3 Å². The summed E-state index contributed by atoms with van der Waals surface area (Å²) >= 11 is 3.26. The maximum atomic E-state index is 12.1. The van der Waals surface area contributed by atoms with Gasteiger partial charge in [-0.15, -0.1) is 0 Å². The highest BCUT2D eigenvalue weighted by atomic mass is 79.9. The summed E-state index contributed by atoms with van der Waals surface area (Å²) in [6, 6.07) is 4.23. The number of carbonyl (C=O) groups excluding carboxylic acids is 1. The quantitative estimate of drug-likeness (QED) is 0.612. The summed E-state index contributed by atoms with van der Waals surface area (Å²) in [6.07, 6.45) is 0.675. The minimum absolute atomic E-state index is 0.0725. The molecule has 3 N–H and O–H groups in total. The van der Waals surface area contributed by atoms with Crippen molar-refractivity contribution in [3.63, 3.8) is 0 Å². The van der Waals surface area contributed by atoms with E-state index in [1.165, 1.54) is 18.2 Å². The van der Waals surface area contributed by atoms with E-state index in [-0.39, 0.29) is 24.1 Å². The van der Waals surface area contributed by atoms with Crippen LogP contribution in [0.15, 0.2) is 22.7 Å². The molecule has 7 heteroatoms. The summed E-state index contributed by atoms with van der Waals surface area (Å²) < 4.78 is 0.594. The maximum Gasteiger partial charge on any atom is 0.271 e. The van der Waals surface area contributed by atoms with E-state index >= 15 is 0 Å². The highest BCUT2D eigenvalue weighted by molar-refractivity contribution is 9.10. The minimum Gasteiger partial charge on any atom is -0.330 e. The molecule has 0 spiro atoms. The number of nitro groups is 1. The molecule has 0 saturated heterocycles. The van der Waals surface area contributed by atoms with E-state index in [0.29, 0.717) is 22.5 Å². The molecule has 0 aromatic heterocycles. The number of carbonyl (C=O) groups is 1. The van der Waals surface area contributed by atoms with E-state index in [9.17, 15) is 14.9 Å². The minimum atomic E-state index is -0.503. The number of hydrogen-bond donors (Lipinski definition) is 2. The van der Waals surface area contributed by atoms with Crippen molar-refractivity contribution in [1.82, 2.24) is 0 Å². The average molecular weight is 344 g/mol. The van der Waals surface area contributed by atoms with Crippen LogP contribution in [0.2, 0.25) is 0 Å². The van der Waals surface area contributed by atoms with Crippen LogP contribution in [0.4, 0.5) is 11.4 Å². The molecule has 1 aromatic carbocycles. The molecule has 0 bridgehead atoms. The Morgan fingerprint density at radius 1 is 1.50 bits per heavy atom. The van der Waals surface area contributed by atoms with Gasteiger partial charge in [-0.25, -0.2) is 0 Å². The zero-order valence-corrected chi connectivity index (χ0v) is 13.0. The topological polar surface area (TPSA) is 98.3 Å². The number of nitrogens with one attached hydrogen (secondary N) is 1. The lowest BCUT2D eigenvalue weighted by Crippen LogP contribution is -2.30. The zero-order valence-electron chi connectivity index (χ0n) is 11.4. The van der Waals surface area contributed by atoms with Gasteiger partial charge in [-0.1, -0.05) is 13.8 Å². The number of rotatable bonds is 6. The fourth-order valence-electron chi connectivity index (χ4n) is 1.84. The van der Waals surface area contributed by atoms with Crippen molar-refractivity contribution in [3.05, 3.63) is 32.8 Å². The fourth-order valence-corrected chi connectivity index (χ4v) is 2.18. The molecule has 20 heavy (non-hydrogen) atoms. The molecule has 1 unspecified atom stereocenters. The van der Waals surface area contributed by atoms with Gasteiger partial charge in [0.25, 0.3) is 5.69 Å². The van der Waals surface area contributed by atoms with Crippen LogP contribution in [0, 0.1) is 22.0 Å². The zero-order chi connectivity index (χ0) is 15.3. The molecule has 6 nitrogen and oxygen atoms in total. The number of amides is 1. The molecule has 0 aliphatic heterocycles. The van der Waals surface area contributed by atoms with Gasteiger partial charge in [-0.05, 0) is 34.3 Å². The van der Waals surface area contributed by atoms with Crippen molar-refractivity contribution >= 4 is 33.2 Å². The van der Waals surface area contributed by atoms with Gasteiger partial charge in [0, 0.05) is 23.2 Å². The van der Waals surface area contributed by atoms with Crippen molar-refractivity contribution in [3.8, 4) is 0 Å². The van der Waals surface area contributed by atoms with Gasteiger partial charge in [0.2, 0.25) is 5.91 Å². The molecule has 1 atom stereocenters. The van der Waals surface area contributed by atoms with Crippen LogP contribution in [0.3, 0.4) is 0 Å².